The second-order valence-corrected chi connectivity index (χ2v) is 5.67. The minimum atomic E-state index is -0.394. The van der Waals surface area contributed by atoms with Gasteiger partial charge in [-0.3, -0.25) is 9.69 Å². The normalized spacial score (nSPS) is 13.2. The lowest BCUT2D eigenvalue weighted by atomic mass is 10.1. The highest BCUT2D eigenvalue weighted by molar-refractivity contribution is 5.97. The van der Waals surface area contributed by atoms with Crippen molar-refractivity contribution >= 4 is 23.4 Å². The molecule has 25 heavy (non-hydrogen) atoms. The highest BCUT2D eigenvalue weighted by atomic mass is 16.6. The largest absolute Gasteiger partial charge is 0.494 e. The number of fused-ring (bicyclic) bond motifs is 1. The monoisotopic (exact) mass is 350 g/mol. The third kappa shape index (κ3) is 4.55. The van der Waals surface area contributed by atoms with Gasteiger partial charge in [-0.2, -0.15) is 0 Å². The van der Waals surface area contributed by atoms with Crippen molar-refractivity contribution in [1.82, 2.24) is 0 Å². The minimum Gasteiger partial charge on any atom is -0.494 e. The van der Waals surface area contributed by atoms with Gasteiger partial charge in [0.2, 0.25) is 0 Å². The molecule has 0 saturated heterocycles. The molecule has 0 saturated carbocycles. The van der Waals surface area contributed by atoms with E-state index >= 15 is 0 Å². The summed E-state index contributed by atoms with van der Waals surface area (Å²) in [6, 6.07) is 5.49. The standard InChI is InChI=1S/C18H26N2O5/c1-4-6-12-25-18(22)20-11-10-19(13-16(21)24-5-2)14-8-7-9-15(23-3)17(14)20/h7-9H,4-6,10-13H2,1-3H3. The van der Waals surface area contributed by atoms with Crippen LogP contribution in [0.2, 0.25) is 0 Å². The van der Waals surface area contributed by atoms with Crippen molar-refractivity contribution in [3.63, 3.8) is 0 Å². The Kier molecular flexibility index (Phi) is 6.91. The number of unbranched alkanes of at least 4 members (excludes halogenated alkanes) is 1. The van der Waals surface area contributed by atoms with Crippen LogP contribution >= 0.6 is 0 Å². The van der Waals surface area contributed by atoms with Crippen LogP contribution in [0, 0.1) is 0 Å². The number of benzene rings is 1. The second kappa shape index (κ2) is 9.15. The molecule has 1 aromatic rings. The Morgan fingerprint density at radius 2 is 1.96 bits per heavy atom. The highest BCUT2D eigenvalue weighted by Gasteiger charge is 2.31. The van der Waals surface area contributed by atoms with Crippen LogP contribution < -0.4 is 14.5 Å². The zero-order chi connectivity index (χ0) is 18.2. The summed E-state index contributed by atoms with van der Waals surface area (Å²) in [5.41, 5.74) is 1.38. The maximum absolute atomic E-state index is 12.5. The summed E-state index contributed by atoms with van der Waals surface area (Å²) in [4.78, 5) is 27.8. The summed E-state index contributed by atoms with van der Waals surface area (Å²) in [5, 5.41) is 0. The quantitative estimate of drug-likeness (QED) is 0.556. The fraction of sp³-hybridized carbons (Fsp3) is 0.556. The van der Waals surface area contributed by atoms with Crippen LogP contribution in [0.15, 0.2) is 18.2 Å². The molecule has 7 heteroatoms. The lowest BCUT2D eigenvalue weighted by molar-refractivity contribution is -0.141. The molecule has 1 aromatic carbocycles. The molecule has 0 bridgehead atoms. The summed E-state index contributed by atoms with van der Waals surface area (Å²) >= 11 is 0. The molecule has 2 rings (SSSR count). The zero-order valence-corrected chi connectivity index (χ0v) is 15.1. The number of esters is 1. The van der Waals surface area contributed by atoms with E-state index in [0.29, 0.717) is 37.7 Å². The number of carbonyl (C=O) groups is 2. The summed E-state index contributed by atoms with van der Waals surface area (Å²) in [6.45, 7) is 5.61. The fourth-order valence-electron chi connectivity index (χ4n) is 2.75. The Morgan fingerprint density at radius 1 is 1.16 bits per heavy atom. The molecule has 1 aliphatic rings. The molecule has 7 nitrogen and oxygen atoms in total. The van der Waals surface area contributed by atoms with Crippen molar-refractivity contribution in [1.29, 1.82) is 0 Å². The van der Waals surface area contributed by atoms with Crippen molar-refractivity contribution in [2.75, 3.05) is 49.8 Å². The Morgan fingerprint density at radius 3 is 2.64 bits per heavy atom. The first-order valence-corrected chi connectivity index (χ1v) is 8.64. The van der Waals surface area contributed by atoms with Gasteiger partial charge in [-0.05, 0) is 25.5 Å². The Labute approximate surface area is 148 Å². The average molecular weight is 350 g/mol. The van der Waals surface area contributed by atoms with Gasteiger partial charge < -0.3 is 19.1 Å². The highest BCUT2D eigenvalue weighted by Crippen LogP contribution is 2.41. The van der Waals surface area contributed by atoms with E-state index in [1.165, 1.54) is 0 Å². The number of anilines is 2. The molecule has 0 atom stereocenters. The summed E-state index contributed by atoms with van der Waals surface area (Å²) < 4.78 is 15.8. The third-order valence-corrected chi connectivity index (χ3v) is 3.97. The maximum atomic E-state index is 12.5. The van der Waals surface area contributed by atoms with E-state index in [0.717, 1.165) is 18.5 Å². The molecule has 0 unspecified atom stereocenters. The molecular formula is C18H26N2O5. The topological polar surface area (TPSA) is 68.3 Å². The molecule has 0 aliphatic carbocycles. The van der Waals surface area contributed by atoms with Gasteiger partial charge in [0.25, 0.3) is 0 Å². The fourth-order valence-corrected chi connectivity index (χ4v) is 2.75. The first-order valence-electron chi connectivity index (χ1n) is 8.64. The van der Waals surface area contributed by atoms with Crippen molar-refractivity contribution in [2.24, 2.45) is 0 Å². The number of rotatable bonds is 7. The maximum Gasteiger partial charge on any atom is 0.414 e. The minimum absolute atomic E-state index is 0.132. The number of methoxy groups -OCH3 is 1. The van der Waals surface area contributed by atoms with E-state index in [2.05, 4.69) is 0 Å². The van der Waals surface area contributed by atoms with Gasteiger partial charge in [0.05, 0.1) is 26.0 Å². The van der Waals surface area contributed by atoms with Crippen LogP contribution in [0.4, 0.5) is 16.2 Å². The summed E-state index contributed by atoms with van der Waals surface area (Å²) in [6.07, 6.45) is 1.39. The van der Waals surface area contributed by atoms with E-state index in [-0.39, 0.29) is 12.5 Å². The van der Waals surface area contributed by atoms with Gasteiger partial charge in [-0.15, -0.1) is 0 Å². The lowest BCUT2D eigenvalue weighted by Gasteiger charge is -2.37. The Hall–Kier alpha value is -2.44. The zero-order valence-electron chi connectivity index (χ0n) is 15.1. The summed E-state index contributed by atoms with van der Waals surface area (Å²) in [5.74, 6) is 0.272. The average Bonchev–Trinajstić information content (AvgIpc) is 2.61. The van der Waals surface area contributed by atoms with Gasteiger partial charge in [0.15, 0.2) is 0 Å². The molecule has 0 fully saturated rings. The van der Waals surface area contributed by atoms with Crippen molar-refractivity contribution in [2.45, 2.75) is 26.7 Å². The Balaban J connectivity index is 2.25. The number of para-hydroxylation sites is 1. The van der Waals surface area contributed by atoms with Crippen LogP contribution in [0.25, 0.3) is 0 Å². The smallest absolute Gasteiger partial charge is 0.414 e. The van der Waals surface area contributed by atoms with Crippen LogP contribution in [0.3, 0.4) is 0 Å². The molecule has 1 amide bonds. The van der Waals surface area contributed by atoms with Gasteiger partial charge in [-0.25, -0.2) is 4.79 Å². The van der Waals surface area contributed by atoms with Gasteiger partial charge >= 0.3 is 12.1 Å². The summed E-state index contributed by atoms with van der Waals surface area (Å²) in [7, 11) is 1.56. The second-order valence-electron chi connectivity index (χ2n) is 5.67. The molecule has 0 aromatic heterocycles. The lowest BCUT2D eigenvalue weighted by Crippen LogP contribution is -2.46. The SMILES string of the molecule is CCCCOC(=O)N1CCN(CC(=O)OCC)c2cccc(OC)c21. The molecular weight excluding hydrogens is 324 g/mol. The van der Waals surface area contributed by atoms with Gasteiger partial charge in [-0.1, -0.05) is 19.4 Å². The molecule has 0 spiro atoms. The van der Waals surface area contributed by atoms with Crippen LogP contribution in [-0.4, -0.2) is 52.0 Å². The molecule has 138 valence electrons. The van der Waals surface area contributed by atoms with Crippen molar-refractivity contribution in [3.05, 3.63) is 18.2 Å². The van der Waals surface area contributed by atoms with E-state index < -0.39 is 6.09 Å². The van der Waals surface area contributed by atoms with E-state index in [1.807, 2.05) is 24.0 Å². The number of ether oxygens (including phenoxy) is 3. The number of carbonyl (C=O) groups excluding carboxylic acids is 2. The van der Waals surface area contributed by atoms with Crippen LogP contribution in [0.5, 0.6) is 5.75 Å². The van der Waals surface area contributed by atoms with Crippen LogP contribution in [0.1, 0.15) is 26.7 Å². The van der Waals surface area contributed by atoms with Crippen LogP contribution in [-0.2, 0) is 14.3 Å². The predicted octanol–water partition coefficient (Wildman–Crippen LogP) is 2.82. The van der Waals surface area contributed by atoms with E-state index in [1.54, 1.807) is 25.0 Å². The van der Waals surface area contributed by atoms with Crippen molar-refractivity contribution in [3.8, 4) is 5.75 Å². The van der Waals surface area contributed by atoms with E-state index in [4.69, 9.17) is 14.2 Å². The number of hydrogen-bond donors (Lipinski definition) is 0. The molecule has 0 radical (unpaired) electrons. The molecule has 1 aliphatic heterocycles. The van der Waals surface area contributed by atoms with Gasteiger partial charge in [0, 0.05) is 13.1 Å². The van der Waals surface area contributed by atoms with Gasteiger partial charge in [0.1, 0.15) is 18.0 Å². The van der Waals surface area contributed by atoms with E-state index in [9.17, 15) is 9.59 Å². The number of hydrogen-bond acceptors (Lipinski definition) is 6. The Bertz CT molecular complexity index is 605. The van der Waals surface area contributed by atoms with Crippen molar-refractivity contribution < 1.29 is 23.8 Å². The predicted molar refractivity (Wildman–Crippen MR) is 95.4 cm³/mol. The molecule has 0 N–H and O–H groups in total. The number of nitrogens with zero attached hydrogens (tertiary/aromatic N) is 2. The first-order chi connectivity index (χ1) is 12.1. The third-order valence-electron chi connectivity index (χ3n) is 3.97. The number of amides is 1. The molecule has 1 heterocycles. The first kappa shape index (κ1) is 18.9.